The van der Waals surface area contributed by atoms with Gasteiger partial charge in [0.2, 0.25) is 5.95 Å². The molecule has 2 N–H and O–H groups in total. The molecule has 1 atom stereocenters. The number of carbonyl (C=O) groups excluding carboxylic acids is 1. The third-order valence-corrected chi connectivity index (χ3v) is 3.50. The Morgan fingerprint density at radius 3 is 2.83 bits per heavy atom. The number of fused-ring (bicyclic) bond motifs is 1. The topological polar surface area (TPSA) is 95.4 Å². The molecule has 0 saturated carbocycles. The van der Waals surface area contributed by atoms with Crippen molar-refractivity contribution < 1.29 is 9.53 Å². The van der Waals surface area contributed by atoms with Crippen LogP contribution in [0.2, 0.25) is 0 Å². The van der Waals surface area contributed by atoms with Crippen LogP contribution in [-0.2, 0) is 16.0 Å². The average Bonchev–Trinajstić information content (AvgIpc) is 2.94. The van der Waals surface area contributed by atoms with Crippen LogP contribution in [0.3, 0.4) is 0 Å². The molecule has 23 heavy (non-hydrogen) atoms. The van der Waals surface area contributed by atoms with E-state index in [9.17, 15) is 4.79 Å². The molecule has 7 heteroatoms. The number of nitrogens with two attached hydrogens (primary N) is 1. The summed E-state index contributed by atoms with van der Waals surface area (Å²) >= 11 is 0. The Balaban J connectivity index is 2.04. The number of carbonyl (C=O) groups is 1. The van der Waals surface area contributed by atoms with E-state index < -0.39 is 5.92 Å². The van der Waals surface area contributed by atoms with Crippen molar-refractivity contribution in [1.29, 1.82) is 0 Å². The lowest BCUT2D eigenvalue weighted by Gasteiger charge is -2.16. The molecule has 0 aliphatic rings. The summed E-state index contributed by atoms with van der Waals surface area (Å²) < 4.78 is 6.73. The molecule has 0 aliphatic carbocycles. The van der Waals surface area contributed by atoms with Gasteiger partial charge in [-0.2, -0.15) is 9.50 Å². The Morgan fingerprint density at radius 1 is 1.30 bits per heavy atom. The predicted octanol–water partition coefficient (Wildman–Crippen LogP) is 1.60. The molecule has 1 aromatic carbocycles. The summed E-state index contributed by atoms with van der Waals surface area (Å²) in [6, 6.07) is 11.5. The maximum atomic E-state index is 12.5. The van der Waals surface area contributed by atoms with Crippen LogP contribution in [0.15, 0.2) is 42.6 Å². The fourth-order valence-corrected chi connectivity index (χ4v) is 2.49. The van der Waals surface area contributed by atoms with Crippen molar-refractivity contribution in [3.8, 4) is 0 Å². The lowest BCUT2D eigenvalue weighted by Crippen LogP contribution is -2.21. The second-order valence-electron chi connectivity index (χ2n) is 5.05. The molecule has 0 radical (unpaired) electrons. The first kappa shape index (κ1) is 15.0. The molecule has 0 saturated heterocycles. The number of rotatable bonds is 5. The Kier molecular flexibility index (Phi) is 4.18. The van der Waals surface area contributed by atoms with Gasteiger partial charge < -0.3 is 10.5 Å². The average molecular weight is 311 g/mol. The van der Waals surface area contributed by atoms with Gasteiger partial charge in [-0.1, -0.05) is 30.3 Å². The third-order valence-electron chi connectivity index (χ3n) is 3.50. The van der Waals surface area contributed by atoms with Gasteiger partial charge in [0.15, 0.2) is 0 Å². The Bertz CT molecular complexity index is 816. The Hall–Kier alpha value is -2.96. The fourth-order valence-electron chi connectivity index (χ4n) is 2.49. The molecule has 3 aromatic rings. The molecule has 0 amide bonds. The molecule has 7 nitrogen and oxygen atoms in total. The molecular weight excluding hydrogens is 294 g/mol. The van der Waals surface area contributed by atoms with Crippen molar-refractivity contribution in [2.24, 2.45) is 0 Å². The highest BCUT2D eigenvalue weighted by molar-refractivity contribution is 5.78. The van der Waals surface area contributed by atoms with E-state index in [0.29, 0.717) is 24.5 Å². The van der Waals surface area contributed by atoms with Gasteiger partial charge in [-0.15, -0.1) is 5.10 Å². The van der Waals surface area contributed by atoms with Crippen LogP contribution < -0.4 is 5.73 Å². The number of hydrogen-bond acceptors (Lipinski definition) is 6. The highest BCUT2D eigenvalue weighted by Gasteiger charge is 2.26. The fraction of sp³-hybridized carbons (Fsp3) is 0.250. The zero-order valence-electron chi connectivity index (χ0n) is 12.7. The third kappa shape index (κ3) is 3.13. The number of anilines is 1. The van der Waals surface area contributed by atoms with E-state index in [1.165, 1.54) is 4.52 Å². The van der Waals surface area contributed by atoms with Gasteiger partial charge in [0.1, 0.15) is 5.92 Å². The SMILES string of the molecule is CCOC(=O)[C@H](Cc1ccccc1)c1ccnc2nc(N)nn12. The van der Waals surface area contributed by atoms with Gasteiger partial charge in [0, 0.05) is 6.20 Å². The van der Waals surface area contributed by atoms with Crippen molar-refractivity contribution in [3.05, 3.63) is 53.9 Å². The van der Waals surface area contributed by atoms with Crippen LogP contribution in [0.25, 0.3) is 5.78 Å². The normalized spacial score (nSPS) is 12.2. The van der Waals surface area contributed by atoms with Crippen molar-refractivity contribution in [2.75, 3.05) is 12.3 Å². The maximum Gasteiger partial charge on any atom is 0.315 e. The minimum atomic E-state index is -0.510. The van der Waals surface area contributed by atoms with Crippen LogP contribution >= 0.6 is 0 Å². The Labute approximate surface area is 133 Å². The molecule has 118 valence electrons. The molecule has 0 fully saturated rings. The summed E-state index contributed by atoms with van der Waals surface area (Å²) in [4.78, 5) is 20.6. The van der Waals surface area contributed by atoms with E-state index in [4.69, 9.17) is 10.5 Å². The van der Waals surface area contributed by atoms with Crippen LogP contribution in [0, 0.1) is 0 Å². The lowest BCUT2D eigenvalue weighted by molar-refractivity contribution is -0.145. The Morgan fingerprint density at radius 2 is 2.09 bits per heavy atom. The molecule has 0 aliphatic heterocycles. The summed E-state index contributed by atoms with van der Waals surface area (Å²) in [5.41, 5.74) is 7.33. The molecule has 0 unspecified atom stereocenters. The van der Waals surface area contributed by atoms with E-state index in [2.05, 4.69) is 15.1 Å². The second-order valence-corrected chi connectivity index (χ2v) is 5.05. The van der Waals surface area contributed by atoms with Gasteiger partial charge in [0.25, 0.3) is 5.78 Å². The smallest absolute Gasteiger partial charge is 0.315 e. The first-order valence-electron chi connectivity index (χ1n) is 7.36. The van der Waals surface area contributed by atoms with Crippen molar-refractivity contribution in [2.45, 2.75) is 19.3 Å². The molecular formula is C16H17N5O2. The van der Waals surface area contributed by atoms with Gasteiger partial charge in [-0.05, 0) is 25.0 Å². The highest BCUT2D eigenvalue weighted by atomic mass is 16.5. The summed E-state index contributed by atoms with van der Waals surface area (Å²) in [6.45, 7) is 2.10. The number of benzene rings is 1. The van der Waals surface area contributed by atoms with Gasteiger partial charge >= 0.3 is 5.97 Å². The minimum Gasteiger partial charge on any atom is -0.465 e. The summed E-state index contributed by atoms with van der Waals surface area (Å²) in [5, 5.41) is 4.13. The zero-order chi connectivity index (χ0) is 16.2. The lowest BCUT2D eigenvalue weighted by atomic mass is 9.96. The quantitative estimate of drug-likeness (QED) is 0.719. The number of hydrogen-bond donors (Lipinski definition) is 1. The van der Waals surface area contributed by atoms with Crippen molar-refractivity contribution in [1.82, 2.24) is 19.6 Å². The van der Waals surface area contributed by atoms with Crippen LogP contribution in [0.1, 0.15) is 24.1 Å². The number of nitrogens with zero attached hydrogens (tertiary/aromatic N) is 4. The van der Waals surface area contributed by atoms with E-state index in [1.807, 2.05) is 30.3 Å². The monoisotopic (exact) mass is 311 g/mol. The standard InChI is InChI=1S/C16H17N5O2/c1-2-23-14(22)12(10-11-6-4-3-5-7-11)13-8-9-18-16-19-15(17)20-21(13)16/h3-9,12H,2,10H2,1H3,(H2,17,20)/t12-/m1/s1. The largest absolute Gasteiger partial charge is 0.465 e. The molecule has 3 rings (SSSR count). The number of ether oxygens (including phenoxy) is 1. The number of aromatic nitrogens is 4. The van der Waals surface area contributed by atoms with E-state index in [1.54, 1.807) is 19.2 Å². The van der Waals surface area contributed by atoms with Gasteiger partial charge in [0.05, 0.1) is 12.3 Å². The molecule has 2 heterocycles. The van der Waals surface area contributed by atoms with E-state index >= 15 is 0 Å². The first-order valence-corrected chi connectivity index (χ1v) is 7.36. The summed E-state index contributed by atoms with van der Waals surface area (Å²) in [7, 11) is 0. The first-order chi connectivity index (χ1) is 11.2. The summed E-state index contributed by atoms with van der Waals surface area (Å²) in [5.74, 6) is -0.337. The van der Waals surface area contributed by atoms with E-state index in [-0.39, 0.29) is 11.9 Å². The molecule has 0 bridgehead atoms. The van der Waals surface area contributed by atoms with Crippen molar-refractivity contribution in [3.63, 3.8) is 0 Å². The minimum absolute atomic E-state index is 0.118. The van der Waals surface area contributed by atoms with Crippen LogP contribution in [0.4, 0.5) is 5.95 Å². The zero-order valence-corrected chi connectivity index (χ0v) is 12.7. The van der Waals surface area contributed by atoms with E-state index in [0.717, 1.165) is 5.56 Å². The molecule has 0 spiro atoms. The molecule has 2 aromatic heterocycles. The van der Waals surface area contributed by atoms with Gasteiger partial charge in [-0.3, -0.25) is 4.79 Å². The number of esters is 1. The van der Waals surface area contributed by atoms with Crippen LogP contribution in [0.5, 0.6) is 0 Å². The second kappa shape index (κ2) is 6.43. The predicted molar refractivity (Wildman–Crippen MR) is 84.7 cm³/mol. The maximum absolute atomic E-state index is 12.5. The van der Waals surface area contributed by atoms with Crippen LogP contribution in [-0.4, -0.2) is 32.2 Å². The highest BCUT2D eigenvalue weighted by Crippen LogP contribution is 2.23. The van der Waals surface area contributed by atoms with Crippen molar-refractivity contribution >= 4 is 17.7 Å². The number of nitrogen functional groups attached to an aromatic ring is 1. The summed E-state index contributed by atoms with van der Waals surface area (Å²) in [6.07, 6.45) is 2.09. The van der Waals surface area contributed by atoms with Gasteiger partial charge in [-0.25, -0.2) is 4.98 Å².